The molecule has 3 aromatic carbocycles. The molecule has 0 unspecified atom stereocenters. The summed E-state index contributed by atoms with van der Waals surface area (Å²) >= 11 is 0. The molecule has 0 saturated carbocycles. The third kappa shape index (κ3) is 3.67. The number of rotatable bonds is 5. The predicted octanol–water partition coefficient (Wildman–Crippen LogP) is 5.33. The van der Waals surface area contributed by atoms with Crippen LogP contribution >= 0.6 is 0 Å². The number of non-ortho nitro benzene ring substituents is 1. The number of hydrogen-bond acceptors (Lipinski definition) is 7. The number of nitro benzene ring substituents is 3. The Morgan fingerprint density at radius 2 is 1.40 bits per heavy atom. The molecule has 3 aromatic rings. The van der Waals surface area contributed by atoms with Gasteiger partial charge >= 0.3 is 6.18 Å². The van der Waals surface area contributed by atoms with Crippen LogP contribution < -0.4 is 5.32 Å². The summed E-state index contributed by atoms with van der Waals surface area (Å²) in [7, 11) is 0. The van der Waals surface area contributed by atoms with Gasteiger partial charge in [-0.25, -0.2) is 0 Å². The average Bonchev–Trinajstić information content (AvgIpc) is 2.66. The van der Waals surface area contributed by atoms with Gasteiger partial charge in [0.2, 0.25) is 0 Å². The van der Waals surface area contributed by atoms with Crippen LogP contribution in [-0.2, 0) is 6.18 Å². The summed E-state index contributed by atoms with van der Waals surface area (Å²) in [5.74, 6) is 0. The van der Waals surface area contributed by atoms with E-state index in [0.29, 0.717) is 11.5 Å². The Kier molecular flexibility index (Phi) is 4.95. The molecule has 0 aliphatic rings. The minimum Gasteiger partial charge on any atom is -0.343 e. The zero-order valence-corrected chi connectivity index (χ0v) is 14.5. The third-order valence-electron chi connectivity index (χ3n) is 4.17. The molecule has 0 fully saturated rings. The lowest BCUT2D eigenvalue weighted by Crippen LogP contribution is -2.12. The van der Waals surface area contributed by atoms with E-state index in [0.717, 1.165) is 6.07 Å². The van der Waals surface area contributed by atoms with E-state index in [-0.39, 0.29) is 11.5 Å². The average molecular weight is 422 g/mol. The number of benzene rings is 3. The fourth-order valence-corrected chi connectivity index (χ4v) is 2.88. The fourth-order valence-electron chi connectivity index (χ4n) is 2.88. The maximum atomic E-state index is 13.6. The van der Waals surface area contributed by atoms with Crippen LogP contribution in [0.2, 0.25) is 0 Å². The molecule has 0 heterocycles. The maximum absolute atomic E-state index is 13.6. The molecule has 0 spiro atoms. The molecule has 0 saturated heterocycles. The van der Waals surface area contributed by atoms with E-state index in [4.69, 9.17) is 0 Å². The van der Waals surface area contributed by atoms with Crippen molar-refractivity contribution < 1.29 is 27.9 Å². The molecule has 0 aliphatic carbocycles. The topological polar surface area (TPSA) is 141 Å². The van der Waals surface area contributed by atoms with Gasteiger partial charge in [0.1, 0.15) is 11.4 Å². The third-order valence-corrected chi connectivity index (χ3v) is 4.17. The van der Waals surface area contributed by atoms with Crippen molar-refractivity contribution in [3.63, 3.8) is 0 Å². The van der Waals surface area contributed by atoms with E-state index in [2.05, 4.69) is 5.32 Å². The fraction of sp³-hybridized carbons (Fsp3) is 0.0588. The highest BCUT2D eigenvalue weighted by molar-refractivity contribution is 6.01. The van der Waals surface area contributed by atoms with E-state index < -0.39 is 54.9 Å². The van der Waals surface area contributed by atoms with Crippen LogP contribution in [0.25, 0.3) is 10.8 Å². The Bertz CT molecular complexity index is 1210. The Morgan fingerprint density at radius 1 is 0.767 bits per heavy atom. The first kappa shape index (κ1) is 20.4. The zero-order valence-electron chi connectivity index (χ0n) is 14.5. The molecule has 154 valence electrons. The van der Waals surface area contributed by atoms with Crippen molar-refractivity contribution in [1.29, 1.82) is 0 Å². The molecule has 10 nitrogen and oxygen atoms in total. The summed E-state index contributed by atoms with van der Waals surface area (Å²) in [5.41, 5.74) is -6.29. The molecule has 0 amide bonds. The minimum atomic E-state index is -5.22. The molecule has 0 aromatic heterocycles. The summed E-state index contributed by atoms with van der Waals surface area (Å²) in [6, 6.07) is 8.89. The van der Waals surface area contributed by atoms with Gasteiger partial charge in [-0.2, -0.15) is 13.2 Å². The van der Waals surface area contributed by atoms with Gasteiger partial charge in [-0.15, -0.1) is 0 Å². The van der Waals surface area contributed by atoms with Crippen LogP contribution in [0.4, 0.5) is 41.6 Å². The van der Waals surface area contributed by atoms with Gasteiger partial charge in [0, 0.05) is 17.5 Å². The summed E-state index contributed by atoms with van der Waals surface area (Å²) in [6.07, 6.45) is -5.22. The Morgan fingerprint density at radius 3 is 1.97 bits per heavy atom. The summed E-state index contributed by atoms with van der Waals surface area (Å²) in [6.45, 7) is 0. The SMILES string of the molecule is O=[N+]([O-])c1cc([N+](=O)[O-])c(Nc2c([N+](=O)[O-])ccc3ccccc23)c(C(F)(F)F)c1. The quantitative estimate of drug-likeness (QED) is 0.433. The number of nitrogens with one attached hydrogen (secondary N) is 1. The van der Waals surface area contributed by atoms with Crippen molar-refractivity contribution in [3.05, 3.63) is 84.4 Å². The van der Waals surface area contributed by atoms with Crippen LogP contribution in [0.3, 0.4) is 0 Å². The highest BCUT2D eigenvalue weighted by Crippen LogP contribution is 2.45. The summed E-state index contributed by atoms with van der Waals surface area (Å²) in [5, 5.41) is 36.5. The van der Waals surface area contributed by atoms with Crippen LogP contribution in [0.5, 0.6) is 0 Å². The number of nitro groups is 3. The standard InChI is InChI=1S/C17H9F3N4O6/c18-17(19,20)12-7-10(22(25)26)8-14(24(29)30)16(12)21-15-11-4-2-1-3-9(11)5-6-13(15)23(27)28/h1-8,21H. The minimum absolute atomic E-state index is 0.131. The second kappa shape index (κ2) is 7.27. The van der Waals surface area contributed by atoms with Crippen molar-refractivity contribution in [3.8, 4) is 0 Å². The van der Waals surface area contributed by atoms with Gasteiger partial charge in [0.05, 0.1) is 26.4 Å². The monoisotopic (exact) mass is 422 g/mol. The molecule has 1 N–H and O–H groups in total. The van der Waals surface area contributed by atoms with E-state index >= 15 is 0 Å². The van der Waals surface area contributed by atoms with E-state index in [1.807, 2.05) is 0 Å². The normalized spacial score (nSPS) is 11.3. The molecule has 0 radical (unpaired) electrons. The zero-order chi connectivity index (χ0) is 22.2. The lowest BCUT2D eigenvalue weighted by atomic mass is 10.0. The van der Waals surface area contributed by atoms with Crippen molar-refractivity contribution in [2.45, 2.75) is 6.18 Å². The molecule has 3 rings (SSSR count). The highest BCUT2D eigenvalue weighted by Gasteiger charge is 2.40. The van der Waals surface area contributed by atoms with Gasteiger partial charge in [0.15, 0.2) is 0 Å². The van der Waals surface area contributed by atoms with Crippen molar-refractivity contribution in [2.24, 2.45) is 0 Å². The Balaban J connectivity index is 2.37. The van der Waals surface area contributed by atoms with E-state index in [1.165, 1.54) is 18.2 Å². The van der Waals surface area contributed by atoms with Gasteiger partial charge in [-0.1, -0.05) is 24.3 Å². The predicted molar refractivity (Wildman–Crippen MR) is 98.6 cm³/mol. The summed E-state index contributed by atoms with van der Waals surface area (Å²) < 4.78 is 40.8. The molecular weight excluding hydrogens is 413 g/mol. The molecular formula is C17H9F3N4O6. The number of fused-ring (bicyclic) bond motifs is 1. The van der Waals surface area contributed by atoms with Crippen LogP contribution in [0.15, 0.2) is 48.5 Å². The molecule has 13 heteroatoms. The van der Waals surface area contributed by atoms with Crippen molar-refractivity contribution in [1.82, 2.24) is 0 Å². The number of hydrogen-bond donors (Lipinski definition) is 1. The highest BCUT2D eigenvalue weighted by atomic mass is 19.4. The molecule has 0 aliphatic heterocycles. The van der Waals surface area contributed by atoms with E-state index in [9.17, 15) is 43.5 Å². The van der Waals surface area contributed by atoms with E-state index in [1.54, 1.807) is 12.1 Å². The second-order valence-electron chi connectivity index (χ2n) is 5.96. The molecule has 30 heavy (non-hydrogen) atoms. The molecule has 0 bridgehead atoms. The number of anilines is 2. The summed E-state index contributed by atoms with van der Waals surface area (Å²) in [4.78, 5) is 30.5. The van der Waals surface area contributed by atoms with Crippen LogP contribution in [0.1, 0.15) is 5.56 Å². The van der Waals surface area contributed by atoms with Gasteiger partial charge in [-0.3, -0.25) is 30.3 Å². The number of alkyl halides is 3. The smallest absolute Gasteiger partial charge is 0.343 e. The van der Waals surface area contributed by atoms with Crippen LogP contribution in [-0.4, -0.2) is 14.8 Å². The second-order valence-corrected chi connectivity index (χ2v) is 5.96. The maximum Gasteiger partial charge on any atom is 0.418 e. The lowest BCUT2D eigenvalue weighted by molar-refractivity contribution is -0.394. The number of halogens is 3. The van der Waals surface area contributed by atoms with Crippen molar-refractivity contribution >= 4 is 39.2 Å². The lowest BCUT2D eigenvalue weighted by Gasteiger charge is -2.16. The first-order chi connectivity index (χ1) is 14.0. The first-order valence-electron chi connectivity index (χ1n) is 7.98. The van der Waals surface area contributed by atoms with Gasteiger partial charge in [0.25, 0.3) is 17.1 Å². The van der Waals surface area contributed by atoms with Gasteiger partial charge < -0.3 is 5.32 Å². The molecule has 0 atom stereocenters. The largest absolute Gasteiger partial charge is 0.418 e. The Labute approximate surface area is 164 Å². The van der Waals surface area contributed by atoms with Crippen LogP contribution in [0, 0.1) is 30.3 Å². The van der Waals surface area contributed by atoms with Crippen molar-refractivity contribution in [2.75, 3.05) is 5.32 Å². The number of nitrogens with zero attached hydrogens (tertiary/aromatic N) is 3. The first-order valence-corrected chi connectivity index (χ1v) is 7.98. The Hall–Kier alpha value is -4.29. The van der Waals surface area contributed by atoms with Gasteiger partial charge in [-0.05, 0) is 11.5 Å².